The van der Waals surface area contributed by atoms with Gasteiger partial charge in [-0.2, -0.15) is 0 Å². The van der Waals surface area contributed by atoms with Gasteiger partial charge < -0.3 is 5.32 Å². The van der Waals surface area contributed by atoms with Crippen molar-refractivity contribution in [2.45, 2.75) is 31.9 Å². The van der Waals surface area contributed by atoms with Crippen molar-refractivity contribution >= 4 is 17.7 Å². The van der Waals surface area contributed by atoms with Gasteiger partial charge in [0.25, 0.3) is 0 Å². The van der Waals surface area contributed by atoms with E-state index < -0.39 is 0 Å². The summed E-state index contributed by atoms with van der Waals surface area (Å²) >= 11 is 1.79. The second-order valence-corrected chi connectivity index (χ2v) is 4.95. The minimum atomic E-state index is 0.240. The van der Waals surface area contributed by atoms with E-state index in [0.717, 1.165) is 18.7 Å². The quantitative estimate of drug-likeness (QED) is 0.728. The average molecular weight is 187 g/mol. The lowest BCUT2D eigenvalue weighted by Crippen LogP contribution is -2.33. The van der Waals surface area contributed by atoms with Crippen molar-refractivity contribution in [1.29, 1.82) is 0 Å². The third kappa shape index (κ3) is 3.05. The van der Waals surface area contributed by atoms with E-state index in [-0.39, 0.29) is 11.2 Å². The molecular weight excluding hydrogens is 170 g/mol. The van der Waals surface area contributed by atoms with Gasteiger partial charge in [0.2, 0.25) is 5.91 Å². The summed E-state index contributed by atoms with van der Waals surface area (Å²) in [7, 11) is 0. The molecule has 0 aromatic rings. The van der Waals surface area contributed by atoms with E-state index in [2.05, 4.69) is 19.2 Å². The molecule has 0 bridgehead atoms. The first-order valence-corrected chi connectivity index (χ1v) is 5.64. The highest BCUT2D eigenvalue weighted by atomic mass is 32.2. The molecule has 0 saturated carbocycles. The molecule has 0 aromatic heterocycles. The zero-order chi connectivity index (χ0) is 8.97. The van der Waals surface area contributed by atoms with E-state index in [9.17, 15) is 4.79 Å². The predicted molar refractivity (Wildman–Crippen MR) is 53.3 cm³/mol. The Labute approximate surface area is 78.5 Å². The van der Waals surface area contributed by atoms with Crippen molar-refractivity contribution in [3.63, 3.8) is 0 Å². The monoisotopic (exact) mass is 187 g/mol. The van der Waals surface area contributed by atoms with Crippen LogP contribution >= 0.6 is 11.8 Å². The van der Waals surface area contributed by atoms with E-state index in [1.165, 1.54) is 6.42 Å². The van der Waals surface area contributed by atoms with Crippen molar-refractivity contribution in [1.82, 2.24) is 5.32 Å². The normalized spacial score (nSPS) is 23.1. The fourth-order valence-electron chi connectivity index (χ4n) is 1.20. The number of hydrogen-bond acceptors (Lipinski definition) is 2. The summed E-state index contributed by atoms with van der Waals surface area (Å²) in [5.74, 6) is 1.95. The number of carbonyl (C=O) groups excluding carboxylic acids is 1. The molecule has 3 heteroatoms. The van der Waals surface area contributed by atoms with Crippen LogP contribution in [0.15, 0.2) is 0 Å². The summed E-state index contributed by atoms with van der Waals surface area (Å²) in [4.78, 5) is 11.4. The summed E-state index contributed by atoms with van der Waals surface area (Å²) in [6.45, 7) is 5.04. The van der Waals surface area contributed by atoms with Crippen LogP contribution in [0.5, 0.6) is 0 Å². The van der Waals surface area contributed by atoms with E-state index in [1.54, 1.807) is 11.8 Å². The molecule has 1 rings (SSSR count). The molecule has 1 aliphatic rings. The Morgan fingerprint density at radius 3 is 2.92 bits per heavy atom. The standard InChI is InChI=1S/C9H17NOS/c1-7(2)6-10-9(11)8-4-3-5-12-8/h7-8H,3-6H2,1-2H3,(H,10,11). The molecule has 1 aliphatic heterocycles. The molecule has 1 N–H and O–H groups in total. The Balaban J connectivity index is 2.18. The van der Waals surface area contributed by atoms with Crippen molar-refractivity contribution in [3.05, 3.63) is 0 Å². The lowest BCUT2D eigenvalue weighted by Gasteiger charge is -2.11. The van der Waals surface area contributed by atoms with Gasteiger partial charge in [-0.1, -0.05) is 13.8 Å². The number of amides is 1. The summed E-state index contributed by atoms with van der Waals surface area (Å²) in [5, 5.41) is 3.20. The molecule has 0 aliphatic carbocycles. The van der Waals surface area contributed by atoms with Crippen LogP contribution in [0.25, 0.3) is 0 Å². The first-order chi connectivity index (χ1) is 5.70. The fraction of sp³-hybridized carbons (Fsp3) is 0.889. The van der Waals surface area contributed by atoms with Crippen molar-refractivity contribution in [2.24, 2.45) is 5.92 Å². The Morgan fingerprint density at radius 1 is 1.67 bits per heavy atom. The molecular formula is C9H17NOS. The molecule has 0 spiro atoms. The van der Waals surface area contributed by atoms with Crippen molar-refractivity contribution in [2.75, 3.05) is 12.3 Å². The van der Waals surface area contributed by atoms with E-state index in [0.29, 0.717) is 5.92 Å². The van der Waals surface area contributed by atoms with Gasteiger partial charge in [0, 0.05) is 6.54 Å². The van der Waals surface area contributed by atoms with Crippen molar-refractivity contribution in [3.8, 4) is 0 Å². The molecule has 2 nitrogen and oxygen atoms in total. The molecule has 1 unspecified atom stereocenters. The smallest absolute Gasteiger partial charge is 0.233 e. The Morgan fingerprint density at radius 2 is 2.42 bits per heavy atom. The van der Waals surface area contributed by atoms with E-state index >= 15 is 0 Å². The second kappa shape index (κ2) is 4.75. The van der Waals surface area contributed by atoms with Crippen LogP contribution in [-0.4, -0.2) is 23.5 Å². The molecule has 1 saturated heterocycles. The zero-order valence-corrected chi connectivity index (χ0v) is 8.62. The van der Waals surface area contributed by atoms with Gasteiger partial charge in [0.05, 0.1) is 5.25 Å². The SMILES string of the molecule is CC(C)CNC(=O)C1CCCS1. The molecule has 70 valence electrons. The number of nitrogens with one attached hydrogen (secondary N) is 1. The predicted octanol–water partition coefficient (Wildman–Crippen LogP) is 1.65. The molecule has 12 heavy (non-hydrogen) atoms. The summed E-state index contributed by atoms with van der Waals surface area (Å²) in [5.41, 5.74) is 0. The average Bonchev–Trinajstić information content (AvgIpc) is 2.51. The topological polar surface area (TPSA) is 29.1 Å². The second-order valence-electron chi connectivity index (χ2n) is 3.64. The summed E-state index contributed by atoms with van der Waals surface area (Å²) in [6, 6.07) is 0. The van der Waals surface area contributed by atoms with Crippen molar-refractivity contribution < 1.29 is 4.79 Å². The molecule has 0 aromatic carbocycles. The Hall–Kier alpha value is -0.180. The summed E-state index contributed by atoms with van der Waals surface area (Å²) < 4.78 is 0. The van der Waals surface area contributed by atoms with Crippen LogP contribution in [0.1, 0.15) is 26.7 Å². The van der Waals surface area contributed by atoms with Gasteiger partial charge in [-0.3, -0.25) is 4.79 Å². The molecule has 1 fully saturated rings. The van der Waals surface area contributed by atoms with Gasteiger partial charge in [-0.15, -0.1) is 11.8 Å². The summed E-state index contributed by atoms with van der Waals surface area (Å²) in [6.07, 6.45) is 2.26. The van der Waals surface area contributed by atoms with Gasteiger partial charge >= 0.3 is 0 Å². The number of rotatable bonds is 3. The van der Waals surface area contributed by atoms with Gasteiger partial charge in [0.15, 0.2) is 0 Å². The number of hydrogen-bond donors (Lipinski definition) is 1. The maximum Gasteiger partial charge on any atom is 0.233 e. The molecule has 1 heterocycles. The third-order valence-corrected chi connectivity index (χ3v) is 3.28. The van der Waals surface area contributed by atoms with Gasteiger partial charge in [-0.05, 0) is 24.5 Å². The third-order valence-electron chi connectivity index (χ3n) is 1.91. The lowest BCUT2D eigenvalue weighted by atomic mass is 10.2. The van der Waals surface area contributed by atoms with Gasteiger partial charge in [0.1, 0.15) is 0 Å². The lowest BCUT2D eigenvalue weighted by molar-refractivity contribution is -0.120. The van der Waals surface area contributed by atoms with Crippen LogP contribution in [0.4, 0.5) is 0 Å². The van der Waals surface area contributed by atoms with Gasteiger partial charge in [-0.25, -0.2) is 0 Å². The molecule has 1 amide bonds. The largest absolute Gasteiger partial charge is 0.355 e. The van der Waals surface area contributed by atoms with Crippen LogP contribution < -0.4 is 5.32 Å². The van der Waals surface area contributed by atoms with E-state index in [4.69, 9.17) is 0 Å². The Bertz CT molecular complexity index is 153. The Kier molecular flexibility index (Phi) is 3.92. The maximum absolute atomic E-state index is 11.4. The van der Waals surface area contributed by atoms with E-state index in [1.807, 2.05) is 0 Å². The zero-order valence-electron chi connectivity index (χ0n) is 7.80. The van der Waals surface area contributed by atoms with Crippen LogP contribution in [0, 0.1) is 5.92 Å². The minimum absolute atomic E-state index is 0.240. The maximum atomic E-state index is 11.4. The molecule has 0 radical (unpaired) electrons. The first kappa shape index (κ1) is 9.90. The van der Waals surface area contributed by atoms with Crippen LogP contribution in [0.3, 0.4) is 0 Å². The fourth-order valence-corrected chi connectivity index (χ4v) is 2.39. The first-order valence-electron chi connectivity index (χ1n) is 4.59. The highest BCUT2D eigenvalue weighted by Gasteiger charge is 2.22. The van der Waals surface area contributed by atoms with Crippen LogP contribution in [0.2, 0.25) is 0 Å². The highest BCUT2D eigenvalue weighted by Crippen LogP contribution is 2.25. The van der Waals surface area contributed by atoms with Crippen LogP contribution in [-0.2, 0) is 4.79 Å². The number of carbonyl (C=O) groups is 1. The molecule has 1 atom stereocenters. The minimum Gasteiger partial charge on any atom is -0.355 e. The highest BCUT2D eigenvalue weighted by molar-refractivity contribution is 8.00. The number of thioether (sulfide) groups is 1.